The number of quaternary nitrogens is 1. The molecule has 0 atom stereocenters. The highest BCUT2D eigenvalue weighted by molar-refractivity contribution is 5.95. The zero-order chi connectivity index (χ0) is 16.3. The van der Waals surface area contributed by atoms with Gasteiger partial charge in [0, 0.05) is 12.1 Å². The molecule has 6 nitrogen and oxygen atoms in total. The first kappa shape index (κ1) is 18.8. The Morgan fingerprint density at radius 3 is 2.35 bits per heavy atom. The van der Waals surface area contributed by atoms with Crippen molar-refractivity contribution in [3.8, 4) is 5.75 Å². The van der Waals surface area contributed by atoms with Crippen molar-refractivity contribution in [3.63, 3.8) is 0 Å². The molecule has 0 fully saturated rings. The molecule has 2 aromatic rings. The molecule has 0 aliphatic rings. The Morgan fingerprint density at radius 2 is 1.74 bits per heavy atom. The average molecular weight is 381 g/mol. The fraction of sp³-hybridized carbons (Fsp3) is 0.188. The van der Waals surface area contributed by atoms with Gasteiger partial charge in [0.15, 0.2) is 0 Å². The van der Waals surface area contributed by atoms with E-state index in [0.717, 1.165) is 5.69 Å². The lowest BCUT2D eigenvalue weighted by Crippen LogP contribution is -3.00. The molecule has 0 unspecified atom stereocenters. The number of nitrogens with zero attached hydrogens (tertiary/aromatic N) is 2. The monoisotopic (exact) mass is 380 g/mol. The molecule has 23 heavy (non-hydrogen) atoms. The number of esters is 1. The number of nitro benzene ring substituents is 1. The van der Waals surface area contributed by atoms with Gasteiger partial charge in [-0.1, -0.05) is 18.2 Å². The lowest BCUT2D eigenvalue weighted by Gasteiger charge is -2.23. The zero-order valence-corrected chi connectivity index (χ0v) is 14.6. The van der Waals surface area contributed by atoms with Gasteiger partial charge in [-0.3, -0.25) is 14.6 Å². The van der Waals surface area contributed by atoms with Crippen LogP contribution in [0.25, 0.3) is 0 Å². The number of rotatable bonds is 4. The van der Waals surface area contributed by atoms with E-state index in [1.54, 1.807) is 24.3 Å². The summed E-state index contributed by atoms with van der Waals surface area (Å²) in [5, 5.41) is 11.0. The molecule has 0 aliphatic carbocycles. The molecule has 0 spiro atoms. The van der Waals surface area contributed by atoms with Gasteiger partial charge in [-0.05, 0) is 18.2 Å². The van der Waals surface area contributed by atoms with E-state index in [2.05, 4.69) is 0 Å². The third kappa shape index (κ3) is 4.61. The molecule has 2 rings (SSSR count). The number of hydrogen-bond acceptors (Lipinski definition) is 4. The standard InChI is InChI=1S/C16H17N2O4.BrH/c1-18(2,3)12-7-6-8-13(11-12)22-16(19)14-9-4-5-10-15(14)17(20)21;/h4-11H,1-3H3;1H/q+1;/p-1. The minimum atomic E-state index is -0.745. The number of benzene rings is 2. The quantitative estimate of drug-likeness (QED) is 0.246. The lowest BCUT2D eigenvalue weighted by atomic mass is 10.2. The predicted molar refractivity (Wildman–Crippen MR) is 84.1 cm³/mol. The maximum Gasteiger partial charge on any atom is 0.350 e. The Balaban J connectivity index is 0.00000264. The van der Waals surface area contributed by atoms with Gasteiger partial charge >= 0.3 is 5.97 Å². The summed E-state index contributed by atoms with van der Waals surface area (Å²) >= 11 is 0. The van der Waals surface area contributed by atoms with Crippen molar-refractivity contribution in [2.45, 2.75) is 0 Å². The van der Waals surface area contributed by atoms with E-state index in [4.69, 9.17) is 4.74 Å². The molecule has 0 radical (unpaired) electrons. The van der Waals surface area contributed by atoms with Crippen LogP contribution in [0, 0.1) is 10.1 Å². The largest absolute Gasteiger partial charge is 1.00 e. The normalized spacial score (nSPS) is 10.6. The Hall–Kier alpha value is -2.25. The topological polar surface area (TPSA) is 69.4 Å². The van der Waals surface area contributed by atoms with Crippen molar-refractivity contribution in [2.75, 3.05) is 21.1 Å². The maximum atomic E-state index is 12.2. The smallest absolute Gasteiger partial charge is 0.350 e. The van der Waals surface area contributed by atoms with Gasteiger partial charge in [-0.2, -0.15) is 0 Å². The van der Waals surface area contributed by atoms with Crippen molar-refractivity contribution in [3.05, 3.63) is 64.2 Å². The van der Waals surface area contributed by atoms with Crippen molar-refractivity contribution in [1.82, 2.24) is 4.48 Å². The fourth-order valence-electron chi connectivity index (χ4n) is 1.93. The number of halogens is 1. The third-order valence-electron chi connectivity index (χ3n) is 3.12. The van der Waals surface area contributed by atoms with Crippen LogP contribution in [-0.2, 0) is 0 Å². The molecule has 0 saturated carbocycles. The molecule has 7 heteroatoms. The summed E-state index contributed by atoms with van der Waals surface area (Å²) in [6.07, 6.45) is 0. The molecule has 0 aliphatic heterocycles. The van der Waals surface area contributed by atoms with Crippen molar-refractivity contribution < 1.29 is 31.4 Å². The minimum Gasteiger partial charge on any atom is -1.00 e. The summed E-state index contributed by atoms with van der Waals surface area (Å²) in [5.41, 5.74) is 0.617. The summed E-state index contributed by atoms with van der Waals surface area (Å²) in [7, 11) is 5.97. The van der Waals surface area contributed by atoms with Gasteiger partial charge in [-0.25, -0.2) is 4.79 Å². The molecule has 122 valence electrons. The second kappa shape index (κ2) is 7.34. The van der Waals surface area contributed by atoms with E-state index >= 15 is 0 Å². The Bertz CT molecular complexity index is 726. The number of carbonyl (C=O) groups is 1. The van der Waals surface area contributed by atoms with Crippen molar-refractivity contribution in [1.29, 1.82) is 0 Å². The van der Waals surface area contributed by atoms with Crippen LogP contribution in [0.2, 0.25) is 0 Å². The van der Waals surface area contributed by atoms with Crippen LogP contribution in [0.1, 0.15) is 10.4 Å². The van der Waals surface area contributed by atoms with E-state index < -0.39 is 10.9 Å². The van der Waals surface area contributed by atoms with E-state index in [1.807, 2.05) is 27.2 Å². The van der Waals surface area contributed by atoms with Crippen LogP contribution in [0.4, 0.5) is 11.4 Å². The van der Waals surface area contributed by atoms with Gasteiger partial charge in [-0.15, -0.1) is 0 Å². The molecular formula is C16H17BrN2O4. The first-order valence-corrected chi connectivity index (χ1v) is 6.67. The van der Waals surface area contributed by atoms with Gasteiger partial charge in [0.25, 0.3) is 5.69 Å². The van der Waals surface area contributed by atoms with Gasteiger partial charge in [0.05, 0.1) is 26.1 Å². The molecule has 0 amide bonds. The van der Waals surface area contributed by atoms with E-state index in [0.29, 0.717) is 10.2 Å². The SMILES string of the molecule is C[N+](C)(C)c1cccc(OC(=O)c2ccccc2[N+](=O)[O-])c1.[Br-]. The predicted octanol–water partition coefficient (Wildman–Crippen LogP) is 0.0147. The highest BCUT2D eigenvalue weighted by atomic mass is 79.9. The first-order chi connectivity index (χ1) is 10.3. The number of carbonyl (C=O) groups excluding carboxylic acids is 1. The number of para-hydroxylation sites is 1. The van der Waals surface area contributed by atoms with Crippen LogP contribution in [-0.4, -0.2) is 32.0 Å². The molecule has 0 saturated heterocycles. The molecule has 0 bridgehead atoms. The van der Waals surface area contributed by atoms with E-state index in [9.17, 15) is 14.9 Å². The van der Waals surface area contributed by atoms with Crippen molar-refractivity contribution in [2.24, 2.45) is 0 Å². The Kier molecular flexibility index (Phi) is 6.00. The summed E-state index contributed by atoms with van der Waals surface area (Å²) in [4.78, 5) is 22.5. The van der Waals surface area contributed by atoms with E-state index in [-0.39, 0.29) is 28.2 Å². The van der Waals surface area contributed by atoms with E-state index in [1.165, 1.54) is 18.2 Å². The van der Waals surface area contributed by atoms with Gasteiger partial charge < -0.3 is 21.7 Å². The van der Waals surface area contributed by atoms with Crippen molar-refractivity contribution >= 4 is 17.3 Å². The number of nitro groups is 1. The average Bonchev–Trinajstić information content (AvgIpc) is 2.46. The summed E-state index contributed by atoms with van der Waals surface area (Å²) < 4.78 is 5.84. The first-order valence-electron chi connectivity index (χ1n) is 6.67. The highest BCUT2D eigenvalue weighted by Crippen LogP contribution is 2.25. The van der Waals surface area contributed by atoms with Crippen LogP contribution in [0.3, 0.4) is 0 Å². The van der Waals surface area contributed by atoms with Gasteiger partial charge in [0.2, 0.25) is 0 Å². The van der Waals surface area contributed by atoms with Crippen LogP contribution in [0.5, 0.6) is 5.75 Å². The second-order valence-corrected chi connectivity index (χ2v) is 5.67. The number of ether oxygens (including phenoxy) is 1. The minimum absolute atomic E-state index is 0. The lowest BCUT2D eigenvalue weighted by molar-refractivity contribution is -0.385. The van der Waals surface area contributed by atoms with Crippen LogP contribution >= 0.6 is 0 Å². The molecule has 0 N–H and O–H groups in total. The second-order valence-electron chi connectivity index (χ2n) is 5.67. The highest BCUT2D eigenvalue weighted by Gasteiger charge is 2.21. The van der Waals surface area contributed by atoms with Crippen LogP contribution in [0.15, 0.2) is 48.5 Å². The fourth-order valence-corrected chi connectivity index (χ4v) is 1.93. The Morgan fingerprint density at radius 1 is 1.09 bits per heavy atom. The van der Waals surface area contributed by atoms with Gasteiger partial charge in [0.1, 0.15) is 17.0 Å². The Labute approximate surface area is 144 Å². The maximum absolute atomic E-state index is 12.2. The third-order valence-corrected chi connectivity index (χ3v) is 3.12. The molecule has 2 aromatic carbocycles. The summed E-state index contributed by atoms with van der Waals surface area (Å²) in [5.74, 6) is -0.389. The molecule has 0 aromatic heterocycles. The summed E-state index contributed by atoms with van der Waals surface area (Å²) in [6, 6.07) is 12.8. The zero-order valence-electron chi connectivity index (χ0n) is 13.0. The number of hydrogen-bond donors (Lipinski definition) is 0. The van der Waals surface area contributed by atoms with Crippen LogP contribution < -0.4 is 26.2 Å². The molecular weight excluding hydrogens is 364 g/mol. The molecule has 0 heterocycles. The summed E-state index contributed by atoms with van der Waals surface area (Å²) in [6.45, 7) is 0.